The molecule has 0 aliphatic carbocycles. The molecule has 1 rings (SSSR count). The van der Waals surface area contributed by atoms with Gasteiger partial charge in [0.25, 0.3) is 5.69 Å². The summed E-state index contributed by atoms with van der Waals surface area (Å²) >= 11 is 11.7. The first-order valence-electron chi connectivity index (χ1n) is 4.58. The minimum atomic E-state index is -0.417. The van der Waals surface area contributed by atoms with Gasteiger partial charge in [-0.2, -0.15) is 0 Å². The Morgan fingerprint density at radius 2 is 2.20 bits per heavy atom. The molecular weight excluding hydrogens is 237 g/mol. The molecule has 1 unspecified atom stereocenters. The van der Waals surface area contributed by atoms with Crippen LogP contribution in [0.25, 0.3) is 0 Å². The fraction of sp³-hybridized carbons (Fsp3) is 0.400. The minimum Gasteiger partial charge on any atom is -0.258 e. The molecule has 0 fully saturated rings. The van der Waals surface area contributed by atoms with Crippen LogP contribution in [0.2, 0.25) is 5.02 Å². The Kier molecular flexibility index (Phi) is 4.36. The lowest BCUT2D eigenvalue weighted by Gasteiger charge is -2.06. The van der Waals surface area contributed by atoms with Crippen molar-refractivity contribution in [3.63, 3.8) is 0 Å². The summed E-state index contributed by atoms with van der Waals surface area (Å²) in [7, 11) is 0. The smallest absolute Gasteiger partial charge is 0.258 e. The van der Waals surface area contributed by atoms with Gasteiger partial charge in [-0.1, -0.05) is 17.7 Å². The van der Waals surface area contributed by atoms with Crippen molar-refractivity contribution in [2.75, 3.05) is 0 Å². The highest BCUT2D eigenvalue weighted by Crippen LogP contribution is 2.28. The normalized spacial score (nSPS) is 12.5. The fourth-order valence-corrected chi connectivity index (χ4v) is 1.68. The molecule has 0 aliphatic rings. The van der Waals surface area contributed by atoms with Gasteiger partial charge in [0.2, 0.25) is 0 Å². The van der Waals surface area contributed by atoms with Gasteiger partial charge in [0.05, 0.1) is 9.95 Å². The second kappa shape index (κ2) is 5.33. The van der Waals surface area contributed by atoms with E-state index in [1.807, 2.05) is 6.92 Å². The Morgan fingerprint density at radius 1 is 1.53 bits per heavy atom. The third-order valence-corrected chi connectivity index (χ3v) is 2.66. The second-order valence-corrected chi connectivity index (χ2v) is 4.47. The van der Waals surface area contributed by atoms with Crippen LogP contribution in [-0.4, -0.2) is 10.3 Å². The van der Waals surface area contributed by atoms with Gasteiger partial charge in [-0.25, -0.2) is 0 Å². The van der Waals surface area contributed by atoms with E-state index in [2.05, 4.69) is 0 Å². The average Bonchev–Trinajstić information content (AvgIpc) is 2.15. The summed E-state index contributed by atoms with van der Waals surface area (Å²) in [6.45, 7) is 1.85. The summed E-state index contributed by atoms with van der Waals surface area (Å²) in [4.78, 5) is 10.3. The van der Waals surface area contributed by atoms with Crippen molar-refractivity contribution in [2.24, 2.45) is 0 Å². The van der Waals surface area contributed by atoms with Crippen molar-refractivity contribution in [2.45, 2.75) is 25.1 Å². The van der Waals surface area contributed by atoms with Crippen molar-refractivity contribution in [1.82, 2.24) is 0 Å². The molecular formula is C10H11Cl2NO2. The number of rotatable bonds is 4. The molecule has 3 nitrogen and oxygen atoms in total. The summed E-state index contributed by atoms with van der Waals surface area (Å²) in [5.41, 5.74) is 0.636. The van der Waals surface area contributed by atoms with Gasteiger partial charge in [0, 0.05) is 17.0 Å². The molecule has 0 aromatic heterocycles. The lowest BCUT2D eigenvalue weighted by molar-refractivity contribution is -0.385. The summed E-state index contributed by atoms with van der Waals surface area (Å²) in [5.74, 6) is 0. The molecule has 0 N–H and O–H groups in total. The molecule has 0 saturated carbocycles. The van der Waals surface area contributed by atoms with Crippen LogP contribution in [0.1, 0.15) is 18.9 Å². The van der Waals surface area contributed by atoms with E-state index in [-0.39, 0.29) is 11.1 Å². The molecule has 0 amide bonds. The molecule has 0 spiro atoms. The standard InChI is InChI=1S/C10H11Cl2NO2/c1-7(11)5-6-8-9(12)3-2-4-10(8)13(14)15/h2-4,7H,5-6H2,1H3. The Labute approximate surface area is 98.2 Å². The Balaban J connectivity index is 2.97. The summed E-state index contributed by atoms with van der Waals surface area (Å²) < 4.78 is 0. The van der Waals surface area contributed by atoms with Crippen LogP contribution in [0, 0.1) is 10.1 Å². The Hall–Kier alpha value is -0.800. The van der Waals surface area contributed by atoms with Gasteiger partial charge in [0.1, 0.15) is 0 Å². The zero-order valence-corrected chi connectivity index (χ0v) is 9.76. The highest BCUT2D eigenvalue weighted by Gasteiger charge is 2.16. The molecule has 0 aliphatic heterocycles. The van der Waals surface area contributed by atoms with E-state index in [0.29, 0.717) is 23.4 Å². The number of benzene rings is 1. The topological polar surface area (TPSA) is 43.1 Å². The maximum atomic E-state index is 10.7. The second-order valence-electron chi connectivity index (χ2n) is 3.31. The molecule has 82 valence electrons. The van der Waals surface area contributed by atoms with Gasteiger partial charge in [-0.15, -0.1) is 11.6 Å². The zero-order chi connectivity index (χ0) is 11.4. The van der Waals surface area contributed by atoms with E-state index in [1.165, 1.54) is 6.07 Å². The maximum absolute atomic E-state index is 10.7. The Bertz CT molecular complexity index is 366. The van der Waals surface area contributed by atoms with E-state index < -0.39 is 4.92 Å². The molecule has 5 heteroatoms. The summed E-state index contributed by atoms with van der Waals surface area (Å²) in [5, 5.41) is 11.2. The number of nitro benzene ring substituents is 1. The molecule has 0 heterocycles. The largest absolute Gasteiger partial charge is 0.274 e. The minimum absolute atomic E-state index is 0.0131. The van der Waals surface area contributed by atoms with Crippen LogP contribution in [0.15, 0.2) is 18.2 Å². The molecule has 1 aromatic rings. The third kappa shape index (κ3) is 3.36. The van der Waals surface area contributed by atoms with Crippen molar-refractivity contribution >= 4 is 28.9 Å². The molecule has 15 heavy (non-hydrogen) atoms. The van der Waals surface area contributed by atoms with Gasteiger partial charge in [-0.3, -0.25) is 10.1 Å². The first-order valence-corrected chi connectivity index (χ1v) is 5.39. The van der Waals surface area contributed by atoms with Gasteiger partial charge in [0.15, 0.2) is 0 Å². The first kappa shape index (κ1) is 12.3. The predicted molar refractivity (Wildman–Crippen MR) is 61.7 cm³/mol. The highest BCUT2D eigenvalue weighted by atomic mass is 35.5. The van der Waals surface area contributed by atoms with E-state index in [9.17, 15) is 10.1 Å². The fourth-order valence-electron chi connectivity index (χ4n) is 1.31. The lowest BCUT2D eigenvalue weighted by Crippen LogP contribution is -2.00. The molecule has 0 bridgehead atoms. The number of hydrogen-bond acceptors (Lipinski definition) is 2. The summed E-state index contributed by atoms with van der Waals surface area (Å²) in [6, 6.07) is 4.69. The number of halogens is 2. The van der Waals surface area contributed by atoms with Crippen molar-refractivity contribution in [3.8, 4) is 0 Å². The quantitative estimate of drug-likeness (QED) is 0.462. The highest BCUT2D eigenvalue weighted by molar-refractivity contribution is 6.31. The van der Waals surface area contributed by atoms with Crippen molar-refractivity contribution < 1.29 is 4.92 Å². The zero-order valence-electron chi connectivity index (χ0n) is 8.24. The van der Waals surface area contributed by atoms with Crippen LogP contribution < -0.4 is 0 Å². The monoisotopic (exact) mass is 247 g/mol. The van der Waals surface area contributed by atoms with E-state index >= 15 is 0 Å². The maximum Gasteiger partial charge on any atom is 0.274 e. The van der Waals surface area contributed by atoms with E-state index in [1.54, 1.807) is 12.1 Å². The lowest BCUT2D eigenvalue weighted by atomic mass is 10.1. The number of nitrogens with zero attached hydrogens (tertiary/aromatic N) is 1. The van der Waals surface area contributed by atoms with Gasteiger partial charge in [-0.05, 0) is 25.8 Å². The van der Waals surface area contributed by atoms with E-state index in [0.717, 1.165) is 0 Å². The number of hydrogen-bond donors (Lipinski definition) is 0. The van der Waals surface area contributed by atoms with Crippen LogP contribution in [0.5, 0.6) is 0 Å². The third-order valence-electron chi connectivity index (χ3n) is 2.08. The predicted octanol–water partition coefficient (Wildman–Crippen LogP) is 3.81. The molecule has 1 atom stereocenters. The summed E-state index contributed by atoms with van der Waals surface area (Å²) in [6.07, 6.45) is 1.20. The Morgan fingerprint density at radius 3 is 2.73 bits per heavy atom. The average molecular weight is 248 g/mol. The number of nitro groups is 1. The van der Waals surface area contributed by atoms with E-state index in [4.69, 9.17) is 23.2 Å². The van der Waals surface area contributed by atoms with Crippen molar-refractivity contribution in [3.05, 3.63) is 38.9 Å². The van der Waals surface area contributed by atoms with Crippen LogP contribution >= 0.6 is 23.2 Å². The number of alkyl halides is 1. The molecule has 1 aromatic carbocycles. The van der Waals surface area contributed by atoms with Gasteiger partial charge >= 0.3 is 0 Å². The van der Waals surface area contributed by atoms with Crippen molar-refractivity contribution in [1.29, 1.82) is 0 Å². The molecule has 0 saturated heterocycles. The van der Waals surface area contributed by atoms with Crippen LogP contribution in [-0.2, 0) is 6.42 Å². The molecule has 0 radical (unpaired) electrons. The van der Waals surface area contributed by atoms with Crippen LogP contribution in [0.4, 0.5) is 5.69 Å². The SMILES string of the molecule is CC(Cl)CCc1c(Cl)cccc1[N+](=O)[O-]. The first-order chi connectivity index (χ1) is 7.02. The van der Waals surface area contributed by atoms with Crippen LogP contribution in [0.3, 0.4) is 0 Å². The van der Waals surface area contributed by atoms with Gasteiger partial charge < -0.3 is 0 Å².